The van der Waals surface area contributed by atoms with Crippen LogP contribution in [0.4, 0.5) is 0 Å². The van der Waals surface area contributed by atoms with Crippen molar-refractivity contribution in [3.8, 4) is 11.3 Å². The van der Waals surface area contributed by atoms with Gasteiger partial charge >= 0.3 is 0 Å². The van der Waals surface area contributed by atoms with E-state index in [1.165, 1.54) is 14.5 Å². The van der Waals surface area contributed by atoms with E-state index in [4.69, 9.17) is 0 Å². The minimum Gasteiger partial charge on any atom is -0.360 e. The molecule has 3 rings (SSSR count). The zero-order valence-electron chi connectivity index (χ0n) is 8.74. The van der Waals surface area contributed by atoms with Gasteiger partial charge in [0.05, 0.1) is 18.2 Å². The molecule has 0 aliphatic rings. The lowest BCUT2D eigenvalue weighted by Crippen LogP contribution is -1.87. The van der Waals surface area contributed by atoms with Gasteiger partial charge in [0.2, 0.25) is 0 Å². The zero-order valence-corrected chi connectivity index (χ0v) is 10.9. The number of hydrogen-bond donors (Lipinski definition) is 1. The molecule has 80 valence electrons. The van der Waals surface area contributed by atoms with Crippen LogP contribution in [0.1, 0.15) is 0 Å². The summed E-state index contributed by atoms with van der Waals surface area (Å²) in [6.45, 7) is 0. The average Bonchev–Trinajstić information content (AvgIpc) is 2.83. The zero-order chi connectivity index (χ0) is 11.1. The standard InChI is InChI=1S/C12H10IN3/c1-16-7-14-6-12(16)10-5-15-11-3-2-8(13)4-9(10)11/h2-7,15H,1H3. The van der Waals surface area contributed by atoms with Crippen LogP contribution in [-0.2, 0) is 7.05 Å². The molecule has 0 bridgehead atoms. The van der Waals surface area contributed by atoms with Crippen LogP contribution in [0.15, 0.2) is 36.9 Å². The van der Waals surface area contributed by atoms with E-state index < -0.39 is 0 Å². The van der Waals surface area contributed by atoms with Gasteiger partial charge in [-0.2, -0.15) is 0 Å². The first kappa shape index (κ1) is 9.89. The maximum Gasteiger partial charge on any atom is 0.0948 e. The van der Waals surface area contributed by atoms with Gasteiger partial charge in [0.15, 0.2) is 0 Å². The molecule has 0 amide bonds. The second-order valence-corrected chi connectivity index (χ2v) is 5.03. The molecule has 0 aliphatic carbocycles. The monoisotopic (exact) mass is 323 g/mol. The van der Waals surface area contributed by atoms with E-state index in [2.05, 4.69) is 50.8 Å². The average molecular weight is 323 g/mol. The van der Waals surface area contributed by atoms with Crippen molar-refractivity contribution in [2.75, 3.05) is 0 Å². The Kier molecular flexibility index (Phi) is 2.24. The van der Waals surface area contributed by atoms with Crippen LogP contribution in [0.3, 0.4) is 0 Å². The number of rotatable bonds is 1. The Morgan fingerprint density at radius 3 is 3.00 bits per heavy atom. The van der Waals surface area contributed by atoms with Gasteiger partial charge in [-0.25, -0.2) is 4.98 Å². The molecule has 0 radical (unpaired) electrons. The van der Waals surface area contributed by atoms with Gasteiger partial charge in [0.1, 0.15) is 0 Å². The SMILES string of the molecule is Cn1cncc1-c1c[nH]c2ccc(I)cc12. The Hall–Kier alpha value is -1.30. The molecule has 1 aromatic carbocycles. The molecule has 0 saturated heterocycles. The Balaban J connectivity index is 2.32. The third-order valence-corrected chi connectivity index (χ3v) is 3.41. The number of aromatic nitrogens is 3. The van der Waals surface area contributed by atoms with Crippen LogP contribution in [0, 0.1) is 3.57 Å². The number of aromatic amines is 1. The normalized spacial score (nSPS) is 11.1. The second kappa shape index (κ2) is 3.62. The quantitative estimate of drug-likeness (QED) is 0.686. The third-order valence-electron chi connectivity index (χ3n) is 2.74. The summed E-state index contributed by atoms with van der Waals surface area (Å²) in [6.07, 6.45) is 5.75. The highest BCUT2D eigenvalue weighted by Crippen LogP contribution is 2.28. The molecule has 3 aromatic rings. The number of aryl methyl sites for hydroxylation is 1. The summed E-state index contributed by atoms with van der Waals surface area (Å²) >= 11 is 2.33. The fraction of sp³-hybridized carbons (Fsp3) is 0.0833. The van der Waals surface area contributed by atoms with Crippen LogP contribution >= 0.6 is 22.6 Å². The van der Waals surface area contributed by atoms with Crippen molar-refractivity contribution < 1.29 is 0 Å². The largest absolute Gasteiger partial charge is 0.360 e. The van der Waals surface area contributed by atoms with Crippen LogP contribution < -0.4 is 0 Å². The summed E-state index contributed by atoms with van der Waals surface area (Å²) < 4.78 is 3.27. The van der Waals surface area contributed by atoms with Gasteiger partial charge in [-0.15, -0.1) is 0 Å². The third kappa shape index (κ3) is 1.44. The van der Waals surface area contributed by atoms with E-state index in [0.29, 0.717) is 0 Å². The van der Waals surface area contributed by atoms with Crippen molar-refractivity contribution in [2.24, 2.45) is 7.05 Å². The number of nitrogens with one attached hydrogen (secondary N) is 1. The maximum atomic E-state index is 4.15. The minimum absolute atomic E-state index is 1.13. The van der Waals surface area contributed by atoms with E-state index >= 15 is 0 Å². The highest BCUT2D eigenvalue weighted by atomic mass is 127. The van der Waals surface area contributed by atoms with Crippen LogP contribution in [-0.4, -0.2) is 14.5 Å². The molecule has 0 unspecified atom stereocenters. The number of benzene rings is 1. The lowest BCUT2D eigenvalue weighted by atomic mass is 10.1. The summed E-state index contributed by atoms with van der Waals surface area (Å²) in [5.41, 5.74) is 3.50. The fourth-order valence-corrected chi connectivity index (χ4v) is 2.41. The number of halogens is 1. The lowest BCUT2D eigenvalue weighted by Gasteiger charge is -2.00. The molecular formula is C12H10IN3. The lowest BCUT2D eigenvalue weighted by molar-refractivity contribution is 0.922. The molecular weight excluding hydrogens is 313 g/mol. The first-order chi connectivity index (χ1) is 7.75. The predicted molar refractivity (Wildman–Crippen MR) is 73.2 cm³/mol. The van der Waals surface area contributed by atoms with Crippen molar-refractivity contribution >= 4 is 33.5 Å². The van der Waals surface area contributed by atoms with E-state index in [1.807, 2.05) is 30.3 Å². The van der Waals surface area contributed by atoms with E-state index in [-0.39, 0.29) is 0 Å². The van der Waals surface area contributed by atoms with E-state index in [9.17, 15) is 0 Å². The molecule has 3 nitrogen and oxygen atoms in total. The highest BCUT2D eigenvalue weighted by molar-refractivity contribution is 14.1. The Morgan fingerprint density at radius 2 is 2.25 bits per heavy atom. The number of hydrogen-bond acceptors (Lipinski definition) is 1. The van der Waals surface area contributed by atoms with Crippen LogP contribution in [0.2, 0.25) is 0 Å². The molecule has 16 heavy (non-hydrogen) atoms. The van der Waals surface area contributed by atoms with Gasteiger partial charge in [-0.05, 0) is 40.8 Å². The topological polar surface area (TPSA) is 33.6 Å². The molecule has 0 fully saturated rings. The first-order valence-electron chi connectivity index (χ1n) is 4.99. The molecule has 0 aliphatic heterocycles. The van der Waals surface area contributed by atoms with E-state index in [1.54, 1.807) is 0 Å². The Morgan fingerprint density at radius 1 is 1.38 bits per heavy atom. The number of nitrogens with zero attached hydrogens (tertiary/aromatic N) is 2. The van der Waals surface area contributed by atoms with Gasteiger partial charge in [0, 0.05) is 33.3 Å². The molecule has 0 atom stereocenters. The van der Waals surface area contributed by atoms with Crippen LogP contribution in [0.5, 0.6) is 0 Å². The van der Waals surface area contributed by atoms with Crippen molar-refractivity contribution in [1.29, 1.82) is 0 Å². The van der Waals surface area contributed by atoms with Gasteiger partial charge in [-0.1, -0.05) is 0 Å². The maximum absolute atomic E-state index is 4.15. The fourth-order valence-electron chi connectivity index (χ4n) is 1.92. The number of H-pyrrole nitrogens is 1. The predicted octanol–water partition coefficient (Wildman–Crippen LogP) is 3.17. The van der Waals surface area contributed by atoms with Crippen molar-refractivity contribution in [1.82, 2.24) is 14.5 Å². The first-order valence-corrected chi connectivity index (χ1v) is 6.07. The Labute approximate surface area is 107 Å². The van der Waals surface area contributed by atoms with Crippen molar-refractivity contribution in [3.63, 3.8) is 0 Å². The van der Waals surface area contributed by atoms with Gasteiger partial charge in [-0.3, -0.25) is 0 Å². The van der Waals surface area contributed by atoms with Crippen molar-refractivity contribution in [3.05, 3.63) is 40.5 Å². The highest BCUT2D eigenvalue weighted by Gasteiger charge is 2.08. The van der Waals surface area contributed by atoms with Crippen molar-refractivity contribution in [2.45, 2.75) is 0 Å². The van der Waals surface area contributed by atoms with Gasteiger partial charge < -0.3 is 9.55 Å². The Bertz CT molecular complexity index is 651. The summed E-state index contributed by atoms with van der Waals surface area (Å²) in [5, 5.41) is 1.25. The molecule has 1 N–H and O–H groups in total. The molecule has 0 saturated carbocycles. The molecule has 2 heterocycles. The van der Waals surface area contributed by atoms with E-state index in [0.717, 1.165) is 11.2 Å². The minimum atomic E-state index is 1.13. The second-order valence-electron chi connectivity index (χ2n) is 3.78. The summed E-state index contributed by atoms with van der Waals surface area (Å²) in [5.74, 6) is 0. The van der Waals surface area contributed by atoms with Crippen LogP contribution in [0.25, 0.3) is 22.2 Å². The van der Waals surface area contributed by atoms with Gasteiger partial charge in [0.25, 0.3) is 0 Å². The number of fused-ring (bicyclic) bond motifs is 1. The molecule has 0 spiro atoms. The summed E-state index contributed by atoms with van der Waals surface area (Å²) in [4.78, 5) is 7.44. The molecule has 4 heteroatoms. The smallest absolute Gasteiger partial charge is 0.0948 e. The number of imidazole rings is 1. The summed E-state index contributed by atoms with van der Waals surface area (Å²) in [6, 6.07) is 6.40. The molecule has 2 aromatic heterocycles. The summed E-state index contributed by atoms with van der Waals surface area (Å²) in [7, 11) is 2.01.